The van der Waals surface area contributed by atoms with Gasteiger partial charge < -0.3 is 0 Å². The van der Waals surface area contributed by atoms with Crippen LogP contribution in [0.3, 0.4) is 0 Å². The van der Waals surface area contributed by atoms with Crippen LogP contribution >= 0.6 is 0 Å². The smallest absolute Gasteiger partial charge is 0.00201 e. The van der Waals surface area contributed by atoms with Gasteiger partial charge in [0.1, 0.15) is 0 Å². The third-order valence-electron chi connectivity index (χ3n) is 3.56. The maximum atomic E-state index is 3.39. The molecule has 1 radical (unpaired) electrons. The minimum absolute atomic E-state index is 0. The zero-order chi connectivity index (χ0) is 11.9. The third-order valence-corrected chi connectivity index (χ3v) is 3.56. The van der Waals surface area contributed by atoms with Crippen molar-refractivity contribution in [3.63, 3.8) is 0 Å². The molecule has 0 fully saturated rings. The molecule has 85 valence electrons. The minimum atomic E-state index is 0. The van der Waals surface area contributed by atoms with E-state index in [0.29, 0.717) is 0 Å². The molecule has 19 heavy (non-hydrogen) atoms. The first-order chi connectivity index (χ1) is 8.95. The van der Waals surface area contributed by atoms with E-state index in [1.165, 1.54) is 32.3 Å². The Kier molecular flexibility index (Phi) is 3.07. The summed E-state index contributed by atoms with van der Waals surface area (Å²) in [6.45, 7) is 0. The molecule has 0 aliphatic heterocycles. The molecule has 1 heteroatoms. The van der Waals surface area contributed by atoms with E-state index in [1.807, 2.05) is 6.07 Å². The van der Waals surface area contributed by atoms with Gasteiger partial charge in [0.2, 0.25) is 0 Å². The maximum Gasteiger partial charge on any atom is -0.00201 e. The molecule has 0 aliphatic rings. The Hall–Kier alpha value is -1.74. The summed E-state index contributed by atoms with van der Waals surface area (Å²) in [5.41, 5.74) is 0. The number of benzene rings is 4. The summed E-state index contributed by atoms with van der Waals surface area (Å²) in [7, 11) is 0. The topological polar surface area (TPSA) is 0 Å². The van der Waals surface area contributed by atoms with Crippen molar-refractivity contribution in [3.05, 3.63) is 72.8 Å². The number of hydrogen-bond donors (Lipinski definition) is 0. The van der Waals surface area contributed by atoms with Crippen LogP contribution in [0.4, 0.5) is 0 Å². The van der Waals surface area contributed by atoms with E-state index >= 15 is 0 Å². The van der Waals surface area contributed by atoms with Crippen LogP contribution in [0.15, 0.2) is 66.7 Å². The standard InChI is InChI=1S/C18H11.Li.H/c1-2-8-14-13(7-1)15-9-3-4-11-17(15)18-12-6-5-10-16(14)18;;/h1-11H;;. The first kappa shape index (κ1) is 12.3. The fraction of sp³-hybridized carbons (Fsp3) is 0. The van der Waals surface area contributed by atoms with E-state index in [4.69, 9.17) is 0 Å². The van der Waals surface area contributed by atoms with Crippen LogP contribution in [-0.4, -0.2) is 18.9 Å². The largest absolute Gasteiger partial charge is 0.0616 e. The molecule has 0 saturated carbocycles. The molecule has 0 spiro atoms. The predicted octanol–water partition coefficient (Wildman–Crippen LogP) is 4.30. The SMILES string of the molecule is [LiH].[c]1cccc2c1c1ccccc1c1ccccc21. The van der Waals surface area contributed by atoms with Crippen LogP contribution in [0.2, 0.25) is 0 Å². The normalized spacial score (nSPS) is 10.7. The van der Waals surface area contributed by atoms with Crippen molar-refractivity contribution in [1.29, 1.82) is 0 Å². The van der Waals surface area contributed by atoms with Crippen molar-refractivity contribution in [2.75, 3.05) is 0 Å². The Balaban J connectivity index is 0.00000110. The zero-order valence-electron chi connectivity index (χ0n) is 9.85. The molecule has 4 rings (SSSR count). The van der Waals surface area contributed by atoms with Gasteiger partial charge in [-0.05, 0) is 38.4 Å². The van der Waals surface area contributed by atoms with Crippen molar-refractivity contribution >= 4 is 51.2 Å². The van der Waals surface area contributed by atoms with Gasteiger partial charge in [-0.3, -0.25) is 0 Å². The zero-order valence-corrected chi connectivity index (χ0v) is 9.85. The van der Waals surface area contributed by atoms with E-state index in [0.717, 1.165) is 0 Å². The van der Waals surface area contributed by atoms with Crippen molar-refractivity contribution in [2.45, 2.75) is 0 Å². The molecule has 4 aromatic rings. The summed E-state index contributed by atoms with van der Waals surface area (Å²) in [6, 6.07) is 26.8. The van der Waals surface area contributed by atoms with Gasteiger partial charge in [-0.15, -0.1) is 0 Å². The predicted molar refractivity (Wildman–Crippen MR) is 84.9 cm³/mol. The van der Waals surface area contributed by atoms with Gasteiger partial charge in [-0.25, -0.2) is 0 Å². The molecule has 0 aromatic heterocycles. The van der Waals surface area contributed by atoms with Gasteiger partial charge in [0.25, 0.3) is 0 Å². The van der Waals surface area contributed by atoms with E-state index in [2.05, 4.69) is 66.7 Å². The number of hydrogen-bond acceptors (Lipinski definition) is 0. The Bertz CT molecular complexity index is 657. The average Bonchev–Trinajstić information content (AvgIpc) is 2.48. The molecule has 0 aliphatic carbocycles. The second-order valence-electron chi connectivity index (χ2n) is 4.55. The molecule has 0 heterocycles. The molecular formula is C18H12Li. The molecule has 0 bridgehead atoms. The Morgan fingerprint density at radius 1 is 0.526 bits per heavy atom. The van der Waals surface area contributed by atoms with Crippen molar-refractivity contribution in [1.82, 2.24) is 0 Å². The second kappa shape index (κ2) is 4.74. The van der Waals surface area contributed by atoms with Gasteiger partial charge in [0, 0.05) is 0 Å². The van der Waals surface area contributed by atoms with Gasteiger partial charge >= 0.3 is 18.9 Å². The fourth-order valence-electron chi connectivity index (χ4n) is 2.77. The number of fused-ring (bicyclic) bond motifs is 6. The van der Waals surface area contributed by atoms with Crippen LogP contribution in [0.1, 0.15) is 0 Å². The number of rotatable bonds is 0. The minimum Gasteiger partial charge on any atom is -0.0616 e. The van der Waals surface area contributed by atoms with Gasteiger partial charge in [-0.1, -0.05) is 66.7 Å². The van der Waals surface area contributed by atoms with Gasteiger partial charge in [-0.2, -0.15) is 0 Å². The van der Waals surface area contributed by atoms with Crippen molar-refractivity contribution in [3.8, 4) is 0 Å². The first-order valence-corrected chi connectivity index (χ1v) is 6.15. The van der Waals surface area contributed by atoms with E-state index in [1.54, 1.807) is 0 Å². The monoisotopic (exact) mass is 235 g/mol. The van der Waals surface area contributed by atoms with Crippen LogP contribution < -0.4 is 0 Å². The van der Waals surface area contributed by atoms with Crippen LogP contribution in [0, 0.1) is 6.07 Å². The second-order valence-corrected chi connectivity index (χ2v) is 4.55. The molecule has 0 unspecified atom stereocenters. The van der Waals surface area contributed by atoms with E-state index in [-0.39, 0.29) is 18.9 Å². The summed E-state index contributed by atoms with van der Waals surface area (Å²) in [6.07, 6.45) is 0. The Morgan fingerprint density at radius 2 is 0.947 bits per heavy atom. The summed E-state index contributed by atoms with van der Waals surface area (Å²) < 4.78 is 0. The molecule has 0 atom stereocenters. The Morgan fingerprint density at radius 3 is 1.53 bits per heavy atom. The third kappa shape index (κ3) is 1.77. The summed E-state index contributed by atoms with van der Waals surface area (Å²) in [5.74, 6) is 0. The Labute approximate surface area is 124 Å². The molecule has 0 nitrogen and oxygen atoms in total. The first-order valence-electron chi connectivity index (χ1n) is 6.15. The van der Waals surface area contributed by atoms with Crippen molar-refractivity contribution < 1.29 is 0 Å². The van der Waals surface area contributed by atoms with Crippen LogP contribution in [0.25, 0.3) is 32.3 Å². The maximum absolute atomic E-state index is 3.39. The fourth-order valence-corrected chi connectivity index (χ4v) is 2.77. The summed E-state index contributed by atoms with van der Waals surface area (Å²) in [4.78, 5) is 0. The van der Waals surface area contributed by atoms with E-state index in [9.17, 15) is 0 Å². The molecule has 0 N–H and O–H groups in total. The molecule has 4 aromatic carbocycles. The molecular weight excluding hydrogens is 223 g/mol. The quantitative estimate of drug-likeness (QED) is 0.315. The average molecular weight is 235 g/mol. The van der Waals surface area contributed by atoms with Crippen LogP contribution in [0.5, 0.6) is 0 Å². The molecule has 0 amide bonds. The van der Waals surface area contributed by atoms with Crippen molar-refractivity contribution in [2.24, 2.45) is 0 Å². The van der Waals surface area contributed by atoms with Gasteiger partial charge in [0.05, 0.1) is 0 Å². The summed E-state index contributed by atoms with van der Waals surface area (Å²) >= 11 is 0. The van der Waals surface area contributed by atoms with Gasteiger partial charge in [0.15, 0.2) is 0 Å². The molecule has 0 saturated heterocycles. The summed E-state index contributed by atoms with van der Waals surface area (Å²) in [5, 5.41) is 7.72. The van der Waals surface area contributed by atoms with E-state index < -0.39 is 0 Å². The van der Waals surface area contributed by atoms with Crippen LogP contribution in [-0.2, 0) is 0 Å².